The Kier molecular flexibility index (Phi) is 9.87. The number of benzene rings is 1. The van der Waals surface area contributed by atoms with Gasteiger partial charge in [0.25, 0.3) is 0 Å². The third kappa shape index (κ3) is 6.94. The molecule has 0 aromatic heterocycles. The molecule has 1 fully saturated rings. The van der Waals surface area contributed by atoms with Gasteiger partial charge >= 0.3 is 0 Å². The summed E-state index contributed by atoms with van der Waals surface area (Å²) < 4.78 is 62.3. The van der Waals surface area contributed by atoms with E-state index in [4.69, 9.17) is 4.74 Å². The lowest BCUT2D eigenvalue weighted by Crippen LogP contribution is -2.18. The van der Waals surface area contributed by atoms with Crippen LogP contribution in [0.25, 0.3) is 6.08 Å². The van der Waals surface area contributed by atoms with E-state index in [0.717, 1.165) is 0 Å². The zero-order valence-electron chi connectivity index (χ0n) is 19.4. The maximum Gasteiger partial charge on any atom is 0.200 e. The third-order valence-electron chi connectivity index (χ3n) is 5.66. The van der Waals surface area contributed by atoms with Crippen molar-refractivity contribution in [2.45, 2.75) is 44.6 Å². The van der Waals surface area contributed by atoms with E-state index in [2.05, 4.69) is 26.3 Å². The fourth-order valence-corrected chi connectivity index (χ4v) is 3.60. The monoisotopic (exact) mass is 474 g/mol. The SMILES string of the molecule is C=C(/C=C\C(=C)C(=C)/C(F)=C(/F)C(=C)OCC)/C=C/c1ccc(C2CCC(O)CC2)c(F)c1F. The molecule has 182 valence electrons. The number of allylic oxidation sites excluding steroid dienone is 8. The zero-order valence-corrected chi connectivity index (χ0v) is 19.4. The van der Waals surface area contributed by atoms with Crippen LogP contribution in [0.3, 0.4) is 0 Å². The van der Waals surface area contributed by atoms with E-state index < -0.39 is 29.0 Å². The van der Waals surface area contributed by atoms with Crippen LogP contribution in [0.4, 0.5) is 17.6 Å². The second-order valence-electron chi connectivity index (χ2n) is 8.11. The lowest BCUT2D eigenvalue weighted by Gasteiger charge is -2.26. The van der Waals surface area contributed by atoms with Crippen molar-refractivity contribution in [3.8, 4) is 0 Å². The van der Waals surface area contributed by atoms with Gasteiger partial charge in [-0.25, -0.2) is 13.2 Å². The van der Waals surface area contributed by atoms with Gasteiger partial charge in [0.2, 0.25) is 5.83 Å². The topological polar surface area (TPSA) is 29.5 Å². The Balaban J connectivity index is 2.06. The number of ether oxygens (including phenoxy) is 1. The largest absolute Gasteiger partial charge is 0.491 e. The first kappa shape index (κ1) is 27.1. The number of aliphatic hydroxyl groups excluding tert-OH is 1. The van der Waals surface area contributed by atoms with Crippen LogP contribution in [0.2, 0.25) is 0 Å². The standard InChI is InChI=1S/C28H30F4O2/c1-6-34-20(5)26(30)25(29)19(4)18(3)9-7-17(2)8-10-22-13-16-24(28(32)27(22)31)21-11-14-23(33)15-12-21/h7-10,13,16,21,23,33H,2-6,11-12,14-15H2,1H3/b9-7-,10-8+,26-25-. The van der Waals surface area contributed by atoms with E-state index >= 15 is 0 Å². The minimum absolute atomic E-state index is 0.0559. The summed E-state index contributed by atoms with van der Waals surface area (Å²) in [4.78, 5) is 0. The van der Waals surface area contributed by atoms with Crippen LogP contribution < -0.4 is 0 Å². The van der Waals surface area contributed by atoms with Gasteiger partial charge in [-0.2, -0.15) is 4.39 Å². The second-order valence-corrected chi connectivity index (χ2v) is 8.11. The summed E-state index contributed by atoms with van der Waals surface area (Å²) in [6.45, 7) is 16.0. The molecule has 1 saturated carbocycles. The molecule has 0 atom stereocenters. The van der Waals surface area contributed by atoms with Gasteiger partial charge in [-0.1, -0.05) is 62.8 Å². The Morgan fingerprint density at radius 2 is 1.62 bits per heavy atom. The maximum absolute atomic E-state index is 14.6. The molecule has 0 spiro atoms. The number of hydrogen-bond donors (Lipinski definition) is 1. The summed E-state index contributed by atoms with van der Waals surface area (Å²) >= 11 is 0. The summed E-state index contributed by atoms with van der Waals surface area (Å²) in [7, 11) is 0. The van der Waals surface area contributed by atoms with Crippen LogP contribution in [0.1, 0.15) is 49.7 Å². The molecule has 0 radical (unpaired) electrons. The molecular weight excluding hydrogens is 444 g/mol. The van der Waals surface area contributed by atoms with Crippen LogP contribution in [-0.2, 0) is 4.74 Å². The highest BCUT2D eigenvalue weighted by atomic mass is 19.2. The molecule has 1 aliphatic carbocycles. The fraction of sp³-hybridized carbons (Fsp3) is 0.286. The molecule has 0 aliphatic heterocycles. The van der Waals surface area contributed by atoms with Crippen molar-refractivity contribution in [1.82, 2.24) is 0 Å². The van der Waals surface area contributed by atoms with Crippen LogP contribution in [0.5, 0.6) is 0 Å². The molecule has 6 heteroatoms. The highest BCUT2D eigenvalue weighted by molar-refractivity contribution is 5.57. The van der Waals surface area contributed by atoms with Crippen LogP contribution >= 0.6 is 0 Å². The highest BCUT2D eigenvalue weighted by Crippen LogP contribution is 2.35. The Bertz CT molecular complexity index is 1050. The zero-order chi connectivity index (χ0) is 25.4. The third-order valence-corrected chi connectivity index (χ3v) is 5.66. The predicted molar refractivity (Wildman–Crippen MR) is 129 cm³/mol. The van der Waals surface area contributed by atoms with Gasteiger partial charge in [0.05, 0.1) is 12.7 Å². The first-order valence-electron chi connectivity index (χ1n) is 11.0. The molecule has 0 amide bonds. The highest BCUT2D eigenvalue weighted by Gasteiger charge is 2.25. The fourth-order valence-electron chi connectivity index (χ4n) is 3.60. The maximum atomic E-state index is 14.6. The molecule has 2 nitrogen and oxygen atoms in total. The summed E-state index contributed by atoms with van der Waals surface area (Å²) in [6, 6.07) is 3.08. The van der Waals surface area contributed by atoms with E-state index in [1.165, 1.54) is 30.4 Å². The summed E-state index contributed by atoms with van der Waals surface area (Å²) in [5, 5.41) is 9.62. The van der Waals surface area contributed by atoms with E-state index in [1.807, 2.05) is 0 Å². The molecule has 0 saturated heterocycles. The number of rotatable bonds is 10. The second kappa shape index (κ2) is 12.4. The Morgan fingerprint density at radius 3 is 2.24 bits per heavy atom. The number of aliphatic hydroxyl groups is 1. The van der Waals surface area contributed by atoms with E-state index in [0.29, 0.717) is 36.8 Å². The van der Waals surface area contributed by atoms with Crippen molar-refractivity contribution in [2.24, 2.45) is 0 Å². The average molecular weight is 475 g/mol. The van der Waals surface area contributed by atoms with Gasteiger partial charge < -0.3 is 9.84 Å². The first-order chi connectivity index (χ1) is 16.1. The van der Waals surface area contributed by atoms with Gasteiger partial charge in [0.15, 0.2) is 23.2 Å². The summed E-state index contributed by atoms with van der Waals surface area (Å²) in [5.41, 5.74) is 0.573. The summed E-state index contributed by atoms with van der Waals surface area (Å²) in [6.07, 6.45) is 7.68. The van der Waals surface area contributed by atoms with E-state index in [9.17, 15) is 22.7 Å². The minimum atomic E-state index is -1.26. The molecular formula is C28H30F4O2. The molecule has 2 rings (SSSR count). The van der Waals surface area contributed by atoms with Crippen molar-refractivity contribution in [2.75, 3.05) is 6.61 Å². The van der Waals surface area contributed by atoms with E-state index in [1.54, 1.807) is 13.0 Å². The molecule has 0 bridgehead atoms. The van der Waals surface area contributed by atoms with Gasteiger partial charge in [-0.05, 0) is 55.2 Å². The molecule has 0 heterocycles. The van der Waals surface area contributed by atoms with Crippen LogP contribution in [0.15, 0.2) is 90.8 Å². The van der Waals surface area contributed by atoms with Crippen molar-refractivity contribution >= 4 is 6.08 Å². The molecule has 34 heavy (non-hydrogen) atoms. The quantitative estimate of drug-likeness (QED) is 0.212. The van der Waals surface area contributed by atoms with Gasteiger partial charge in [-0.3, -0.25) is 0 Å². The molecule has 1 aromatic carbocycles. The number of hydrogen-bond acceptors (Lipinski definition) is 2. The first-order valence-corrected chi connectivity index (χ1v) is 11.0. The molecule has 1 N–H and O–H groups in total. The van der Waals surface area contributed by atoms with Crippen molar-refractivity contribution in [3.05, 3.63) is 114 Å². The van der Waals surface area contributed by atoms with Gasteiger partial charge in [0, 0.05) is 11.1 Å². The van der Waals surface area contributed by atoms with Gasteiger partial charge in [0.1, 0.15) is 0 Å². The van der Waals surface area contributed by atoms with Crippen molar-refractivity contribution in [3.63, 3.8) is 0 Å². The van der Waals surface area contributed by atoms with Gasteiger partial charge in [-0.15, -0.1) is 0 Å². The Labute approximate surface area is 198 Å². The molecule has 1 aliphatic rings. The van der Waals surface area contributed by atoms with Crippen molar-refractivity contribution < 1.29 is 27.4 Å². The predicted octanol–water partition coefficient (Wildman–Crippen LogP) is 7.92. The van der Waals surface area contributed by atoms with Crippen molar-refractivity contribution in [1.29, 1.82) is 0 Å². The number of halogens is 4. The minimum Gasteiger partial charge on any atom is -0.491 e. The van der Waals surface area contributed by atoms with Crippen LogP contribution in [0, 0.1) is 11.6 Å². The van der Waals surface area contributed by atoms with E-state index in [-0.39, 0.29) is 35.3 Å². The molecule has 1 aromatic rings. The lowest BCUT2D eigenvalue weighted by atomic mass is 9.82. The Morgan fingerprint density at radius 1 is 0.971 bits per heavy atom. The molecule has 0 unspecified atom stereocenters. The smallest absolute Gasteiger partial charge is 0.200 e. The Hall–Kier alpha value is -3.12. The average Bonchev–Trinajstić information content (AvgIpc) is 2.82. The summed E-state index contributed by atoms with van der Waals surface area (Å²) in [5.74, 6) is -4.88. The lowest BCUT2D eigenvalue weighted by molar-refractivity contribution is 0.122. The van der Waals surface area contributed by atoms with Crippen LogP contribution in [-0.4, -0.2) is 17.8 Å². The normalized spacial score (nSPS) is 19.2.